The first-order chi connectivity index (χ1) is 14.0. The Bertz CT molecular complexity index is 852. The predicted octanol–water partition coefficient (Wildman–Crippen LogP) is 7.77. The van der Waals surface area contributed by atoms with Crippen molar-refractivity contribution in [2.75, 3.05) is 0 Å². The lowest BCUT2D eigenvalue weighted by Crippen LogP contribution is -2.32. The molecule has 1 atom stereocenters. The van der Waals surface area contributed by atoms with E-state index in [1.807, 2.05) is 42.5 Å². The number of hydrogen-bond acceptors (Lipinski definition) is 1. The van der Waals surface area contributed by atoms with Crippen LogP contribution in [-0.4, -0.2) is 10.7 Å². The molecular formula is C26H30F2O. The minimum absolute atomic E-state index is 0.231. The van der Waals surface area contributed by atoms with Crippen LogP contribution in [0, 0.1) is 0 Å². The van der Waals surface area contributed by atoms with Gasteiger partial charge in [0.15, 0.2) is 0 Å². The van der Waals surface area contributed by atoms with Gasteiger partial charge in [-0.05, 0) is 29.2 Å². The zero-order valence-corrected chi connectivity index (χ0v) is 17.1. The van der Waals surface area contributed by atoms with Gasteiger partial charge in [-0.15, -0.1) is 0 Å². The molecule has 0 amide bonds. The van der Waals surface area contributed by atoms with Crippen molar-refractivity contribution in [3.63, 3.8) is 0 Å². The molecule has 29 heavy (non-hydrogen) atoms. The molecule has 1 nitrogen and oxygen atoms in total. The maximum atomic E-state index is 14.8. The van der Waals surface area contributed by atoms with Gasteiger partial charge >= 0.3 is 0 Å². The molecule has 0 bridgehead atoms. The molecule has 3 heteroatoms. The van der Waals surface area contributed by atoms with Crippen LogP contribution in [0.4, 0.5) is 8.78 Å². The summed E-state index contributed by atoms with van der Waals surface area (Å²) in [4.78, 5) is 0. The Kier molecular flexibility index (Phi) is 7.38. The van der Waals surface area contributed by atoms with Crippen LogP contribution in [0.3, 0.4) is 0 Å². The highest BCUT2D eigenvalue weighted by Gasteiger charge is 2.37. The predicted molar refractivity (Wildman–Crippen MR) is 117 cm³/mol. The fourth-order valence-corrected chi connectivity index (χ4v) is 3.89. The number of allylic oxidation sites excluding steroid dienone is 2. The van der Waals surface area contributed by atoms with Crippen molar-refractivity contribution in [3.8, 4) is 11.1 Å². The second kappa shape index (κ2) is 9.98. The lowest BCUT2D eigenvalue weighted by Gasteiger charge is -2.30. The van der Waals surface area contributed by atoms with Gasteiger partial charge in [-0.2, -0.15) is 0 Å². The lowest BCUT2D eigenvalue weighted by atomic mass is 9.83. The third-order valence-electron chi connectivity index (χ3n) is 5.70. The van der Waals surface area contributed by atoms with E-state index in [1.54, 1.807) is 12.1 Å². The van der Waals surface area contributed by atoms with Crippen molar-refractivity contribution in [2.45, 2.75) is 63.9 Å². The number of hydrogen-bond donors (Lipinski definition) is 1. The molecule has 3 rings (SSSR count). The monoisotopic (exact) mass is 396 g/mol. The van der Waals surface area contributed by atoms with Crippen LogP contribution in [0.2, 0.25) is 0 Å². The van der Waals surface area contributed by atoms with Crippen LogP contribution in [0.5, 0.6) is 0 Å². The van der Waals surface area contributed by atoms with Crippen LogP contribution >= 0.6 is 0 Å². The van der Waals surface area contributed by atoms with Crippen molar-refractivity contribution in [2.24, 2.45) is 0 Å². The number of unbranched alkanes of at least 4 members (excludes halogenated alkanes) is 5. The Labute approximate surface area is 172 Å². The normalized spacial score (nSPS) is 19.4. The van der Waals surface area contributed by atoms with Crippen LogP contribution in [0.15, 0.2) is 72.3 Å². The topological polar surface area (TPSA) is 20.2 Å². The Morgan fingerprint density at radius 1 is 0.793 bits per heavy atom. The van der Waals surface area contributed by atoms with Gasteiger partial charge in [0.2, 0.25) is 0 Å². The van der Waals surface area contributed by atoms with Gasteiger partial charge in [-0.25, -0.2) is 8.78 Å². The summed E-state index contributed by atoms with van der Waals surface area (Å²) < 4.78 is 29.5. The van der Waals surface area contributed by atoms with Crippen molar-refractivity contribution in [1.82, 2.24) is 0 Å². The molecule has 1 aliphatic rings. The van der Waals surface area contributed by atoms with Gasteiger partial charge in [0, 0.05) is 12.0 Å². The molecule has 154 valence electrons. The van der Waals surface area contributed by atoms with Crippen molar-refractivity contribution < 1.29 is 13.9 Å². The molecule has 2 aromatic carbocycles. The first-order valence-electron chi connectivity index (χ1n) is 10.7. The number of halogens is 2. The average Bonchev–Trinajstić information content (AvgIpc) is 2.74. The second-order valence-electron chi connectivity index (χ2n) is 7.98. The summed E-state index contributed by atoms with van der Waals surface area (Å²) in [6.07, 6.45) is 7.39. The Morgan fingerprint density at radius 3 is 2.07 bits per heavy atom. The van der Waals surface area contributed by atoms with Gasteiger partial charge < -0.3 is 5.11 Å². The molecule has 1 unspecified atom stereocenters. The summed E-state index contributed by atoms with van der Waals surface area (Å²) in [6, 6.07) is 17.3. The SMILES string of the molecule is CCCCCCCCC1(O)CC(F)=C(c2ccc(-c3ccccc3)cc2)C=C1F. The standard InChI is InChI=1S/C26H30F2O/c1-2-3-4-5-6-10-17-26(29)19-24(27)23(18-25(26)28)22-15-13-21(14-16-22)20-11-8-7-9-12-20/h7-9,11-16,18,29H,2-6,10,17,19H2,1H3. The molecule has 0 spiro atoms. The molecule has 0 aliphatic heterocycles. The molecule has 0 fully saturated rings. The maximum Gasteiger partial charge on any atom is 0.133 e. The number of aliphatic hydroxyl groups is 1. The molecule has 0 saturated heterocycles. The van der Waals surface area contributed by atoms with Gasteiger partial charge in [-0.3, -0.25) is 0 Å². The van der Waals surface area contributed by atoms with Gasteiger partial charge in [-0.1, -0.05) is 100 Å². The third kappa shape index (κ3) is 5.42. The van der Waals surface area contributed by atoms with E-state index in [4.69, 9.17) is 0 Å². The molecular weight excluding hydrogens is 366 g/mol. The average molecular weight is 397 g/mol. The van der Waals surface area contributed by atoms with Crippen LogP contribution in [-0.2, 0) is 0 Å². The van der Waals surface area contributed by atoms with Gasteiger partial charge in [0.25, 0.3) is 0 Å². The molecule has 0 radical (unpaired) electrons. The van der Waals surface area contributed by atoms with Crippen molar-refractivity contribution in [3.05, 3.63) is 77.9 Å². The molecule has 1 N–H and O–H groups in total. The summed E-state index contributed by atoms with van der Waals surface area (Å²) in [6.45, 7) is 2.16. The Balaban J connectivity index is 1.66. The van der Waals surface area contributed by atoms with E-state index in [9.17, 15) is 13.9 Å². The molecule has 0 saturated carbocycles. The number of benzene rings is 2. The van der Waals surface area contributed by atoms with Gasteiger partial charge in [0.05, 0.1) is 0 Å². The molecule has 2 aromatic rings. The zero-order chi connectivity index (χ0) is 20.7. The smallest absolute Gasteiger partial charge is 0.133 e. The minimum atomic E-state index is -1.71. The fourth-order valence-electron chi connectivity index (χ4n) is 3.89. The highest BCUT2D eigenvalue weighted by Crippen LogP contribution is 2.41. The van der Waals surface area contributed by atoms with E-state index in [-0.39, 0.29) is 18.4 Å². The number of rotatable bonds is 9. The zero-order valence-electron chi connectivity index (χ0n) is 17.1. The lowest BCUT2D eigenvalue weighted by molar-refractivity contribution is 0.0375. The first kappa shape index (κ1) is 21.4. The molecule has 1 aliphatic carbocycles. The third-order valence-corrected chi connectivity index (χ3v) is 5.70. The second-order valence-corrected chi connectivity index (χ2v) is 7.98. The largest absolute Gasteiger partial charge is 0.382 e. The van der Waals surface area contributed by atoms with Gasteiger partial charge in [0.1, 0.15) is 17.3 Å². The highest BCUT2D eigenvalue weighted by molar-refractivity contribution is 5.79. The minimum Gasteiger partial charge on any atom is -0.382 e. The molecule has 0 heterocycles. The van der Waals surface area contributed by atoms with Crippen molar-refractivity contribution >= 4 is 5.57 Å². The summed E-state index contributed by atoms with van der Waals surface area (Å²) >= 11 is 0. The fraction of sp³-hybridized carbons (Fsp3) is 0.385. The van der Waals surface area contributed by atoms with Crippen LogP contribution in [0.1, 0.15) is 63.9 Å². The summed E-state index contributed by atoms with van der Waals surface area (Å²) in [5.41, 5.74) is 1.25. The van der Waals surface area contributed by atoms with E-state index in [2.05, 4.69) is 6.92 Å². The van der Waals surface area contributed by atoms with E-state index in [0.717, 1.165) is 30.4 Å². The summed E-state index contributed by atoms with van der Waals surface area (Å²) in [5, 5.41) is 10.7. The van der Waals surface area contributed by atoms with Crippen molar-refractivity contribution in [1.29, 1.82) is 0 Å². The summed E-state index contributed by atoms with van der Waals surface area (Å²) in [5.74, 6) is -1.08. The van der Waals surface area contributed by atoms with E-state index in [0.29, 0.717) is 12.0 Å². The van der Waals surface area contributed by atoms with E-state index in [1.165, 1.54) is 18.9 Å². The van der Waals surface area contributed by atoms with E-state index >= 15 is 0 Å². The Hall–Kier alpha value is -2.26. The maximum absolute atomic E-state index is 14.8. The highest BCUT2D eigenvalue weighted by atomic mass is 19.1. The Morgan fingerprint density at radius 2 is 1.38 bits per heavy atom. The molecule has 0 aromatic heterocycles. The van der Waals surface area contributed by atoms with E-state index < -0.39 is 17.3 Å². The quantitative estimate of drug-likeness (QED) is 0.429. The van der Waals surface area contributed by atoms with Crippen LogP contribution in [0.25, 0.3) is 16.7 Å². The van der Waals surface area contributed by atoms with Crippen LogP contribution < -0.4 is 0 Å². The summed E-state index contributed by atoms with van der Waals surface area (Å²) in [7, 11) is 0. The first-order valence-corrected chi connectivity index (χ1v) is 10.7.